The highest BCUT2D eigenvalue weighted by atomic mass is 15.1. The Morgan fingerprint density at radius 2 is 0.710 bits per heavy atom. The van der Waals surface area contributed by atoms with Gasteiger partial charge in [0.25, 0.3) is 0 Å². The van der Waals surface area contributed by atoms with E-state index in [0.29, 0.717) is 0 Å². The number of hydrogen-bond donors (Lipinski definition) is 0. The minimum Gasteiger partial charge on any atom is -0.310 e. The second-order valence-electron chi connectivity index (χ2n) is 15.9. The second-order valence-corrected chi connectivity index (χ2v) is 15.9. The van der Waals surface area contributed by atoms with Gasteiger partial charge in [-0.1, -0.05) is 194 Å². The number of hydrogen-bond acceptors (Lipinski definition) is 2. The molecule has 9 aromatic carbocycles. The van der Waals surface area contributed by atoms with Crippen LogP contribution in [0.5, 0.6) is 0 Å². The highest BCUT2D eigenvalue weighted by molar-refractivity contribution is 5.92. The molecule has 11 rings (SSSR count). The molecule has 1 heterocycles. The Labute approximate surface area is 363 Å². The van der Waals surface area contributed by atoms with Crippen molar-refractivity contribution in [3.63, 3.8) is 0 Å². The van der Waals surface area contributed by atoms with Gasteiger partial charge < -0.3 is 4.90 Å². The fraction of sp³-hybridized carbons (Fsp3) is 0.0167. The maximum Gasteiger partial charge on any atom is 0.0714 e. The van der Waals surface area contributed by atoms with E-state index in [2.05, 4.69) is 246 Å². The van der Waals surface area contributed by atoms with Crippen LogP contribution in [0.25, 0.3) is 55.6 Å². The van der Waals surface area contributed by atoms with Crippen LogP contribution in [-0.2, 0) is 5.41 Å². The Hall–Kier alpha value is -8.07. The molecule has 0 aliphatic heterocycles. The van der Waals surface area contributed by atoms with E-state index in [9.17, 15) is 0 Å². The molecular weight excluding hydrogens is 749 g/mol. The average molecular weight is 791 g/mol. The molecule has 0 N–H and O–H groups in total. The molecule has 1 aliphatic carbocycles. The van der Waals surface area contributed by atoms with Crippen molar-refractivity contribution in [3.8, 4) is 55.6 Å². The number of fused-ring (bicyclic) bond motifs is 3. The maximum atomic E-state index is 4.49. The molecule has 0 amide bonds. The molecule has 0 unspecified atom stereocenters. The largest absolute Gasteiger partial charge is 0.310 e. The maximum absolute atomic E-state index is 4.49. The van der Waals surface area contributed by atoms with Gasteiger partial charge in [-0.2, -0.15) is 0 Å². The Kier molecular flexibility index (Phi) is 9.44. The van der Waals surface area contributed by atoms with Crippen molar-refractivity contribution in [3.05, 3.63) is 277 Å². The summed E-state index contributed by atoms with van der Waals surface area (Å²) in [5.74, 6) is 0. The van der Waals surface area contributed by atoms with Gasteiger partial charge in [-0.15, -0.1) is 0 Å². The zero-order valence-electron chi connectivity index (χ0n) is 34.1. The molecule has 292 valence electrons. The number of anilines is 3. The zero-order valence-corrected chi connectivity index (χ0v) is 34.1. The molecule has 62 heavy (non-hydrogen) atoms. The summed E-state index contributed by atoms with van der Waals surface area (Å²) in [4.78, 5) is 6.90. The van der Waals surface area contributed by atoms with Crippen LogP contribution < -0.4 is 4.90 Å². The lowest BCUT2D eigenvalue weighted by Crippen LogP contribution is -2.28. The van der Waals surface area contributed by atoms with Crippen LogP contribution in [-0.4, -0.2) is 4.98 Å². The van der Waals surface area contributed by atoms with Crippen LogP contribution in [0.1, 0.15) is 22.3 Å². The first-order valence-corrected chi connectivity index (χ1v) is 21.3. The molecule has 2 heteroatoms. The Bertz CT molecular complexity index is 3090. The summed E-state index contributed by atoms with van der Waals surface area (Å²) in [6.07, 6.45) is 3.80. The second kappa shape index (κ2) is 15.8. The van der Waals surface area contributed by atoms with Crippen LogP contribution in [0.15, 0.2) is 255 Å². The lowest BCUT2D eigenvalue weighted by atomic mass is 9.67. The first kappa shape index (κ1) is 37.0. The van der Waals surface area contributed by atoms with E-state index in [1.165, 1.54) is 66.8 Å². The summed E-state index contributed by atoms with van der Waals surface area (Å²) in [5, 5.41) is 0. The molecule has 1 aliphatic rings. The van der Waals surface area contributed by atoms with E-state index in [-0.39, 0.29) is 0 Å². The molecule has 0 spiro atoms. The molecule has 0 fully saturated rings. The van der Waals surface area contributed by atoms with Crippen LogP contribution in [0.2, 0.25) is 0 Å². The first-order valence-electron chi connectivity index (χ1n) is 21.3. The summed E-state index contributed by atoms with van der Waals surface area (Å²) in [6, 6.07) is 88.3. The van der Waals surface area contributed by atoms with Crippen molar-refractivity contribution in [2.45, 2.75) is 5.41 Å². The van der Waals surface area contributed by atoms with Gasteiger partial charge in [0.15, 0.2) is 0 Å². The van der Waals surface area contributed by atoms with E-state index in [1.54, 1.807) is 0 Å². The molecule has 0 atom stereocenters. The highest BCUT2D eigenvalue weighted by Gasteiger charge is 2.46. The summed E-state index contributed by atoms with van der Waals surface area (Å²) in [6.45, 7) is 0. The first-order chi connectivity index (χ1) is 30.8. The Morgan fingerprint density at radius 1 is 0.290 bits per heavy atom. The van der Waals surface area contributed by atoms with Crippen LogP contribution in [0.4, 0.5) is 17.1 Å². The topological polar surface area (TPSA) is 16.1 Å². The smallest absolute Gasteiger partial charge is 0.0714 e. The predicted octanol–water partition coefficient (Wildman–Crippen LogP) is 15.6. The monoisotopic (exact) mass is 790 g/mol. The van der Waals surface area contributed by atoms with E-state index < -0.39 is 5.41 Å². The van der Waals surface area contributed by atoms with E-state index >= 15 is 0 Å². The van der Waals surface area contributed by atoms with Crippen molar-refractivity contribution in [2.24, 2.45) is 0 Å². The average Bonchev–Trinajstić information content (AvgIpc) is 3.65. The van der Waals surface area contributed by atoms with E-state index in [4.69, 9.17) is 0 Å². The van der Waals surface area contributed by atoms with Gasteiger partial charge in [0.05, 0.1) is 5.41 Å². The van der Waals surface area contributed by atoms with E-state index in [0.717, 1.165) is 28.2 Å². The zero-order chi connectivity index (χ0) is 41.3. The van der Waals surface area contributed by atoms with E-state index in [1.807, 2.05) is 18.5 Å². The summed E-state index contributed by atoms with van der Waals surface area (Å²) >= 11 is 0. The minimum atomic E-state index is -0.588. The summed E-state index contributed by atoms with van der Waals surface area (Å²) in [7, 11) is 0. The number of rotatable bonds is 9. The molecule has 0 bridgehead atoms. The molecule has 10 aromatic rings. The van der Waals surface area contributed by atoms with Crippen molar-refractivity contribution < 1.29 is 0 Å². The molecular formula is C60H42N2. The number of benzene rings is 9. The number of aromatic nitrogens is 1. The predicted molar refractivity (Wildman–Crippen MR) is 258 cm³/mol. The van der Waals surface area contributed by atoms with Gasteiger partial charge >= 0.3 is 0 Å². The van der Waals surface area contributed by atoms with Crippen molar-refractivity contribution >= 4 is 17.1 Å². The molecule has 1 aromatic heterocycles. The Morgan fingerprint density at radius 3 is 1.27 bits per heavy atom. The van der Waals surface area contributed by atoms with Crippen LogP contribution in [0, 0.1) is 0 Å². The fourth-order valence-corrected chi connectivity index (χ4v) is 9.60. The lowest BCUT2D eigenvalue weighted by molar-refractivity contribution is 0.768. The van der Waals surface area contributed by atoms with Gasteiger partial charge in [0.1, 0.15) is 0 Å². The van der Waals surface area contributed by atoms with Gasteiger partial charge in [-0.05, 0) is 126 Å². The van der Waals surface area contributed by atoms with Gasteiger partial charge in [-0.25, -0.2) is 0 Å². The molecule has 2 nitrogen and oxygen atoms in total. The molecule has 0 saturated heterocycles. The molecule has 0 saturated carbocycles. The number of pyridine rings is 1. The summed E-state index contributed by atoms with van der Waals surface area (Å²) < 4.78 is 0. The van der Waals surface area contributed by atoms with Gasteiger partial charge in [-0.3, -0.25) is 4.98 Å². The van der Waals surface area contributed by atoms with Crippen molar-refractivity contribution in [2.75, 3.05) is 4.90 Å². The summed E-state index contributed by atoms with van der Waals surface area (Å²) in [5.41, 5.74) is 19.6. The van der Waals surface area contributed by atoms with Crippen molar-refractivity contribution in [1.29, 1.82) is 0 Å². The standard InChI is InChI=1S/C60H42N2/c1-5-16-43(17-6-1)44-27-32-51(33-28-44)62(52-34-29-46(30-35-52)55-26-14-13-25-54(55)45-18-7-2-8-19-45)53-36-38-57-56-37-31-47(48-20-15-39-61-42-48)40-58(56)60(59(57)41-53,49-21-9-3-10-22-49)50-23-11-4-12-24-50/h1-42H. The third-order valence-electron chi connectivity index (χ3n) is 12.5. The third kappa shape index (κ3) is 6.41. The SMILES string of the molecule is c1ccc(-c2ccc(N(c3ccc(-c4ccccc4-c4ccccc4)cc3)c3ccc4c(c3)C(c3ccccc3)(c3ccccc3)c3cc(-c5cccnc5)ccc3-4)cc2)cc1. The minimum absolute atomic E-state index is 0.588. The number of nitrogens with zero attached hydrogens (tertiary/aromatic N) is 2. The van der Waals surface area contributed by atoms with Crippen LogP contribution in [0.3, 0.4) is 0 Å². The van der Waals surface area contributed by atoms with Gasteiger partial charge in [0, 0.05) is 29.5 Å². The molecule has 0 radical (unpaired) electrons. The quantitative estimate of drug-likeness (QED) is 0.145. The fourth-order valence-electron chi connectivity index (χ4n) is 9.60. The van der Waals surface area contributed by atoms with Crippen LogP contribution >= 0.6 is 0 Å². The third-order valence-corrected chi connectivity index (χ3v) is 12.5. The lowest BCUT2D eigenvalue weighted by Gasteiger charge is -2.35. The normalized spacial score (nSPS) is 12.3. The van der Waals surface area contributed by atoms with Crippen molar-refractivity contribution in [1.82, 2.24) is 4.98 Å². The highest BCUT2D eigenvalue weighted by Crippen LogP contribution is 2.58. The van der Waals surface area contributed by atoms with Gasteiger partial charge in [0.2, 0.25) is 0 Å². The Balaban J connectivity index is 1.11.